The Hall–Kier alpha value is -3.91. The Bertz CT molecular complexity index is 1440. The number of imide groups is 1. The normalized spacial score (nSPS) is 17.5. The van der Waals surface area contributed by atoms with Gasteiger partial charge in [-0.1, -0.05) is 47.1 Å². The lowest BCUT2D eigenvalue weighted by molar-refractivity contribution is -0.449. The summed E-state index contributed by atoms with van der Waals surface area (Å²) in [6.07, 6.45) is 7.03. The number of halogens is 2. The number of carbonyl (C=O) groups is 2. The Morgan fingerprint density at radius 3 is 2.76 bits per heavy atom. The number of aryl methyl sites for hydroxylation is 2. The quantitative estimate of drug-likeness (QED) is 0.493. The van der Waals surface area contributed by atoms with E-state index in [1.807, 2.05) is 32.0 Å². The summed E-state index contributed by atoms with van der Waals surface area (Å²) in [4.78, 5) is 32.5. The Balaban J connectivity index is 1.54. The van der Waals surface area contributed by atoms with E-state index in [1.165, 1.54) is 21.6 Å². The monoisotopic (exact) mass is 477 g/mol. The molecule has 0 spiro atoms. The first-order valence-corrected chi connectivity index (χ1v) is 10.9. The van der Waals surface area contributed by atoms with Gasteiger partial charge in [0, 0.05) is 5.56 Å². The molecule has 1 aliphatic heterocycles. The van der Waals surface area contributed by atoms with Crippen LogP contribution in [0.4, 0.5) is 14.9 Å². The molecule has 2 aromatic carbocycles. The van der Waals surface area contributed by atoms with Gasteiger partial charge >= 0.3 is 11.9 Å². The van der Waals surface area contributed by atoms with E-state index >= 15 is 0 Å². The van der Waals surface area contributed by atoms with Gasteiger partial charge in [0.2, 0.25) is 5.82 Å². The van der Waals surface area contributed by atoms with Crippen molar-refractivity contribution < 1.29 is 23.1 Å². The molecule has 2 heterocycles. The van der Waals surface area contributed by atoms with Crippen LogP contribution in [-0.2, 0) is 11.3 Å². The van der Waals surface area contributed by atoms with Crippen LogP contribution in [-0.4, -0.2) is 32.4 Å². The fourth-order valence-electron chi connectivity index (χ4n) is 4.01. The molecule has 34 heavy (non-hydrogen) atoms. The van der Waals surface area contributed by atoms with Gasteiger partial charge < -0.3 is 4.52 Å². The van der Waals surface area contributed by atoms with Crippen LogP contribution in [0, 0.1) is 25.6 Å². The van der Waals surface area contributed by atoms with Gasteiger partial charge in [-0.05, 0) is 55.3 Å². The number of aromatic nitrogens is 2. The molecule has 1 aromatic heterocycles. The molecule has 1 atom stereocenters. The Labute approximate surface area is 199 Å². The predicted octanol–water partition coefficient (Wildman–Crippen LogP) is 5.01. The number of carbonyl (C=O) groups excluding carboxylic acids is 2. The molecule has 0 radical (unpaired) electrons. The molecule has 3 amide bonds. The minimum absolute atomic E-state index is 0.0119. The fraction of sp³-hybridized carbons (Fsp3) is 0.160. The zero-order valence-corrected chi connectivity index (χ0v) is 19.1. The highest BCUT2D eigenvalue weighted by Gasteiger charge is 2.48. The lowest BCUT2D eigenvalue weighted by atomic mass is 9.94. The van der Waals surface area contributed by atoms with Gasteiger partial charge in [-0.3, -0.25) is 0 Å². The van der Waals surface area contributed by atoms with Crippen molar-refractivity contribution in [3.05, 3.63) is 88.6 Å². The first-order chi connectivity index (χ1) is 16.3. The summed E-state index contributed by atoms with van der Waals surface area (Å²) in [7, 11) is 0. The van der Waals surface area contributed by atoms with Crippen LogP contribution in [0.1, 0.15) is 17.0 Å². The summed E-state index contributed by atoms with van der Waals surface area (Å²) >= 11 is 5.75. The van der Waals surface area contributed by atoms with Crippen LogP contribution in [0.25, 0.3) is 11.4 Å². The van der Waals surface area contributed by atoms with Gasteiger partial charge in [-0.2, -0.15) is 14.4 Å². The van der Waals surface area contributed by atoms with E-state index in [2.05, 4.69) is 10.1 Å². The average molecular weight is 478 g/mol. The van der Waals surface area contributed by atoms with Crippen molar-refractivity contribution in [2.45, 2.75) is 20.4 Å². The van der Waals surface area contributed by atoms with Crippen LogP contribution in [0.5, 0.6) is 0 Å². The summed E-state index contributed by atoms with van der Waals surface area (Å²) in [5, 5.41) is 3.90. The third-order valence-corrected chi connectivity index (χ3v) is 6.07. The highest BCUT2D eigenvalue weighted by molar-refractivity contribution is 6.30. The number of hydrogen-bond donors (Lipinski definition) is 0. The standard InChI is InChI=1S/C25H19ClFN4O3/c1-14-7-8-15(2)21(11-14)31-24(32)17-5-3-4-6-20(17)30(25(31)33)13-22-28-23(29-34-22)16-9-10-18(26)19(27)12-16/h3-12,17H,13H2,1-2H3/q+1. The van der Waals surface area contributed by atoms with Crippen LogP contribution in [0.2, 0.25) is 5.02 Å². The molecule has 2 aliphatic rings. The third-order valence-electron chi connectivity index (χ3n) is 5.77. The van der Waals surface area contributed by atoms with Crippen LogP contribution in [0.3, 0.4) is 0 Å². The molecule has 1 aliphatic carbocycles. The summed E-state index contributed by atoms with van der Waals surface area (Å²) < 4.78 is 20.7. The Morgan fingerprint density at radius 2 is 1.97 bits per heavy atom. The van der Waals surface area contributed by atoms with E-state index < -0.39 is 17.8 Å². The number of benzene rings is 2. The molecule has 0 bridgehead atoms. The third kappa shape index (κ3) is 3.76. The van der Waals surface area contributed by atoms with E-state index in [9.17, 15) is 14.0 Å². The first-order valence-electron chi connectivity index (χ1n) is 10.6. The molecule has 1 unspecified atom stereocenters. The lowest BCUT2D eigenvalue weighted by Crippen LogP contribution is -2.54. The number of urea groups is 1. The molecule has 0 N–H and O–H groups in total. The maximum absolute atomic E-state index is 13.9. The van der Waals surface area contributed by atoms with Gasteiger partial charge in [-0.25, -0.2) is 9.18 Å². The van der Waals surface area contributed by atoms with Gasteiger partial charge in [0.25, 0.3) is 5.89 Å². The van der Waals surface area contributed by atoms with Crippen molar-refractivity contribution in [2.75, 3.05) is 4.90 Å². The van der Waals surface area contributed by atoms with Gasteiger partial charge in [0.05, 0.1) is 5.02 Å². The SMILES string of the molecule is Cc1ccc(C)c(N2C(=O)C3C=CC=CC3=[N+](Cc3nc(-c4ccc(Cl)c(F)c4)no3)C2=O)c1. The molecular weight excluding hydrogens is 459 g/mol. The molecule has 0 saturated carbocycles. The topological polar surface area (TPSA) is 79.3 Å². The van der Waals surface area contributed by atoms with Gasteiger partial charge in [-0.15, -0.1) is 4.90 Å². The van der Waals surface area contributed by atoms with E-state index in [0.29, 0.717) is 17.0 Å². The number of fused-ring (bicyclic) bond motifs is 1. The van der Waals surface area contributed by atoms with Crippen LogP contribution < -0.4 is 4.90 Å². The largest absolute Gasteiger partial charge is 0.506 e. The summed E-state index contributed by atoms with van der Waals surface area (Å²) in [6, 6.07) is 9.30. The molecule has 5 rings (SSSR count). The molecule has 3 aromatic rings. The minimum Gasteiger partial charge on any atom is -0.335 e. The van der Waals surface area contributed by atoms with Gasteiger partial charge in [0.15, 0.2) is 6.54 Å². The predicted molar refractivity (Wildman–Crippen MR) is 124 cm³/mol. The van der Waals surface area contributed by atoms with Crippen LogP contribution in [0.15, 0.2) is 65.2 Å². The first kappa shape index (κ1) is 21.9. The van der Waals surface area contributed by atoms with Crippen LogP contribution >= 0.6 is 11.6 Å². The number of nitrogens with zero attached hydrogens (tertiary/aromatic N) is 4. The van der Waals surface area contributed by atoms with Crippen molar-refractivity contribution >= 4 is 34.9 Å². The molecule has 9 heteroatoms. The minimum atomic E-state index is -0.629. The maximum atomic E-state index is 13.9. The highest BCUT2D eigenvalue weighted by Crippen LogP contribution is 2.29. The number of anilines is 1. The van der Waals surface area contributed by atoms with E-state index in [4.69, 9.17) is 16.1 Å². The van der Waals surface area contributed by atoms with Crippen molar-refractivity contribution in [1.82, 2.24) is 10.1 Å². The molecule has 7 nitrogen and oxygen atoms in total. The second-order valence-electron chi connectivity index (χ2n) is 8.12. The molecular formula is C25H19ClFN4O3+. The second-order valence-corrected chi connectivity index (χ2v) is 8.53. The Morgan fingerprint density at radius 1 is 1.15 bits per heavy atom. The van der Waals surface area contributed by atoms with Crippen molar-refractivity contribution in [1.29, 1.82) is 0 Å². The number of hydrogen-bond acceptors (Lipinski definition) is 5. The molecule has 0 fully saturated rings. The summed E-state index contributed by atoms with van der Waals surface area (Å²) in [5.74, 6) is -1.25. The lowest BCUT2D eigenvalue weighted by Gasteiger charge is -2.26. The van der Waals surface area contributed by atoms with E-state index in [-0.39, 0.29) is 29.2 Å². The van der Waals surface area contributed by atoms with Crippen molar-refractivity contribution in [3.63, 3.8) is 0 Å². The molecule has 0 saturated heterocycles. The average Bonchev–Trinajstić information content (AvgIpc) is 3.29. The smallest absolute Gasteiger partial charge is 0.335 e. The number of amides is 3. The zero-order chi connectivity index (χ0) is 24.0. The highest BCUT2D eigenvalue weighted by atomic mass is 35.5. The summed E-state index contributed by atoms with van der Waals surface area (Å²) in [6.45, 7) is 3.70. The summed E-state index contributed by atoms with van der Waals surface area (Å²) in [5.41, 5.74) is 3.18. The maximum Gasteiger partial charge on any atom is 0.506 e. The van der Waals surface area contributed by atoms with E-state index in [1.54, 1.807) is 30.4 Å². The second kappa shape index (κ2) is 8.46. The van der Waals surface area contributed by atoms with Crippen molar-refractivity contribution in [3.8, 4) is 11.4 Å². The Kier molecular flexibility index (Phi) is 5.45. The number of allylic oxidation sites excluding steroid dienone is 3. The van der Waals surface area contributed by atoms with Gasteiger partial charge in [0.1, 0.15) is 23.1 Å². The van der Waals surface area contributed by atoms with Crippen molar-refractivity contribution in [2.24, 2.45) is 5.92 Å². The fourth-order valence-corrected chi connectivity index (χ4v) is 4.13. The zero-order valence-electron chi connectivity index (χ0n) is 18.3. The number of rotatable bonds is 4. The van der Waals surface area contributed by atoms with E-state index in [0.717, 1.165) is 11.1 Å². The molecule has 170 valence electrons.